The Morgan fingerprint density at radius 1 is 1.14 bits per heavy atom. The van der Waals surface area contributed by atoms with Gasteiger partial charge in [-0.15, -0.1) is 0 Å². The normalized spacial score (nSPS) is 15.3. The average molecular weight is 710 g/mol. The maximum atomic E-state index is 13.2. The van der Waals surface area contributed by atoms with Crippen LogP contribution in [-0.2, 0) is 26.3 Å². The third-order valence-electron chi connectivity index (χ3n) is 6.03. The number of hydrogen-bond donors (Lipinski definition) is 1. The van der Waals surface area contributed by atoms with E-state index in [0.29, 0.717) is 33.3 Å². The Kier molecular flexibility index (Phi) is 8.92. The van der Waals surface area contributed by atoms with Gasteiger partial charge in [0.15, 0.2) is 23.0 Å². The molecule has 0 aliphatic carbocycles. The van der Waals surface area contributed by atoms with Gasteiger partial charge in [0, 0.05) is 23.7 Å². The Morgan fingerprint density at radius 2 is 1.84 bits per heavy atom. The zero-order valence-corrected chi connectivity index (χ0v) is 26.5. The van der Waals surface area contributed by atoms with Crippen molar-refractivity contribution in [1.29, 1.82) is 0 Å². The molecular formula is C28H22BrClN2O9S2. The van der Waals surface area contributed by atoms with E-state index in [9.17, 15) is 22.8 Å². The summed E-state index contributed by atoms with van der Waals surface area (Å²) in [4.78, 5) is 38.3. The molecule has 3 aromatic rings. The molecule has 0 atom stereocenters. The molecule has 2 heterocycles. The monoisotopic (exact) mass is 708 g/mol. The second-order valence-corrected chi connectivity index (χ2v) is 12.9. The Hall–Kier alpha value is -3.72. The van der Waals surface area contributed by atoms with Gasteiger partial charge in [0.2, 0.25) is 12.7 Å². The number of halogens is 2. The second-order valence-electron chi connectivity index (χ2n) is 9.07. The molecule has 3 amide bonds. The molecule has 0 saturated carbocycles. The quantitative estimate of drug-likeness (QED) is 0.202. The van der Waals surface area contributed by atoms with Gasteiger partial charge in [-0.2, -0.15) is 8.42 Å². The fourth-order valence-electron chi connectivity index (χ4n) is 4.12. The van der Waals surface area contributed by atoms with Crippen molar-refractivity contribution in [2.75, 3.05) is 18.7 Å². The zero-order valence-electron chi connectivity index (χ0n) is 22.5. The van der Waals surface area contributed by atoms with Gasteiger partial charge in [0.05, 0.1) is 22.5 Å². The second kappa shape index (κ2) is 12.5. The summed E-state index contributed by atoms with van der Waals surface area (Å²) in [6.07, 6.45) is 1.50. The molecule has 2 aliphatic rings. The van der Waals surface area contributed by atoms with Crippen LogP contribution < -0.4 is 23.7 Å². The van der Waals surface area contributed by atoms with E-state index in [1.165, 1.54) is 49.4 Å². The van der Waals surface area contributed by atoms with E-state index in [2.05, 4.69) is 21.2 Å². The first kappa shape index (κ1) is 30.7. The number of hydrogen-bond acceptors (Lipinski definition) is 10. The Balaban J connectivity index is 1.38. The largest absolute Gasteiger partial charge is 0.490 e. The molecule has 1 N–H and O–H groups in total. The topological polar surface area (TPSA) is 138 Å². The molecule has 15 heteroatoms. The Labute approximate surface area is 264 Å². The summed E-state index contributed by atoms with van der Waals surface area (Å²) in [5, 5.41) is 2.41. The number of fused-ring (bicyclic) bond motifs is 1. The number of imide groups is 1. The SMILES string of the molecule is CCOc1cc(/C=C2\SC(=O)N(Cc3cc4c(cc3Cl)OCO4)C2=O)cc(Br)c1OS(=O)(=O)c1ccc(NC(C)=O)cc1. The van der Waals surface area contributed by atoms with E-state index in [4.69, 9.17) is 30.0 Å². The van der Waals surface area contributed by atoms with Crippen LogP contribution in [0.4, 0.5) is 10.5 Å². The minimum absolute atomic E-state index is 0.0571. The predicted octanol–water partition coefficient (Wildman–Crippen LogP) is 6.19. The van der Waals surface area contributed by atoms with Crippen LogP contribution >= 0.6 is 39.3 Å². The van der Waals surface area contributed by atoms with Crippen molar-refractivity contribution in [3.63, 3.8) is 0 Å². The highest BCUT2D eigenvalue weighted by molar-refractivity contribution is 9.10. The fourth-order valence-corrected chi connectivity index (χ4v) is 6.78. The smallest absolute Gasteiger partial charge is 0.339 e. The summed E-state index contributed by atoms with van der Waals surface area (Å²) in [6.45, 7) is 3.23. The zero-order chi connectivity index (χ0) is 30.9. The van der Waals surface area contributed by atoms with Gasteiger partial charge in [-0.25, -0.2) is 0 Å². The number of benzene rings is 3. The van der Waals surface area contributed by atoms with Gasteiger partial charge in [0.25, 0.3) is 11.1 Å². The number of nitrogens with one attached hydrogen (secondary N) is 1. The lowest BCUT2D eigenvalue weighted by atomic mass is 10.1. The summed E-state index contributed by atoms with van der Waals surface area (Å²) < 4.78 is 48.1. The van der Waals surface area contributed by atoms with Crippen molar-refractivity contribution >= 4 is 78.2 Å². The molecule has 2 aliphatic heterocycles. The number of ether oxygens (including phenoxy) is 3. The molecule has 11 nitrogen and oxygen atoms in total. The van der Waals surface area contributed by atoms with Crippen LogP contribution in [0.5, 0.6) is 23.0 Å². The van der Waals surface area contributed by atoms with Gasteiger partial charge < -0.3 is 23.7 Å². The molecule has 3 aromatic carbocycles. The van der Waals surface area contributed by atoms with Crippen molar-refractivity contribution < 1.29 is 41.2 Å². The van der Waals surface area contributed by atoms with Crippen molar-refractivity contribution in [2.24, 2.45) is 0 Å². The number of anilines is 1. The molecule has 0 radical (unpaired) electrons. The minimum Gasteiger partial charge on any atom is -0.490 e. The van der Waals surface area contributed by atoms with E-state index >= 15 is 0 Å². The van der Waals surface area contributed by atoms with E-state index in [1.807, 2.05) is 0 Å². The van der Waals surface area contributed by atoms with Crippen molar-refractivity contribution in [1.82, 2.24) is 4.90 Å². The summed E-state index contributed by atoms with van der Waals surface area (Å²) in [7, 11) is -4.29. The number of amides is 3. The van der Waals surface area contributed by atoms with Crippen LogP contribution in [0.2, 0.25) is 5.02 Å². The summed E-state index contributed by atoms with van der Waals surface area (Å²) in [5.74, 6) is 0.128. The van der Waals surface area contributed by atoms with Crippen molar-refractivity contribution in [2.45, 2.75) is 25.3 Å². The highest BCUT2D eigenvalue weighted by atomic mass is 79.9. The lowest BCUT2D eigenvalue weighted by Gasteiger charge is -2.15. The molecule has 224 valence electrons. The van der Waals surface area contributed by atoms with Crippen LogP contribution in [0.25, 0.3) is 6.08 Å². The van der Waals surface area contributed by atoms with Crippen LogP contribution in [0.15, 0.2) is 62.8 Å². The van der Waals surface area contributed by atoms with E-state index in [0.717, 1.165) is 16.7 Å². The van der Waals surface area contributed by atoms with Crippen molar-refractivity contribution in [3.05, 3.63) is 74.1 Å². The average Bonchev–Trinajstić information content (AvgIpc) is 3.49. The molecule has 1 fully saturated rings. The molecule has 0 bridgehead atoms. The standard InChI is InChI=1S/C28H22BrClN2O9S2/c1-3-38-24-9-16(8-20(29)26(24)41-43(36,37)19-6-4-18(5-7-19)31-15(2)33)10-25-27(34)32(28(35)42-25)13-17-11-22-23(12-21(17)30)40-14-39-22/h4-12H,3,13-14H2,1-2H3,(H,31,33)/b25-10-. The Morgan fingerprint density at radius 3 is 2.51 bits per heavy atom. The number of carbonyl (C=O) groups is 3. The summed E-state index contributed by atoms with van der Waals surface area (Å²) in [5.41, 5.74) is 1.39. The molecular weight excluding hydrogens is 688 g/mol. The van der Waals surface area contributed by atoms with Crippen LogP contribution in [0, 0.1) is 0 Å². The number of carbonyl (C=O) groups excluding carboxylic acids is 3. The Bertz CT molecular complexity index is 1780. The highest BCUT2D eigenvalue weighted by Gasteiger charge is 2.36. The molecule has 5 rings (SSSR count). The summed E-state index contributed by atoms with van der Waals surface area (Å²) >= 11 is 10.4. The summed E-state index contributed by atoms with van der Waals surface area (Å²) in [6, 6.07) is 11.7. The molecule has 0 spiro atoms. The molecule has 1 saturated heterocycles. The highest BCUT2D eigenvalue weighted by Crippen LogP contribution is 2.42. The molecule has 0 unspecified atom stereocenters. The van der Waals surface area contributed by atoms with Crippen molar-refractivity contribution in [3.8, 4) is 23.0 Å². The molecule has 43 heavy (non-hydrogen) atoms. The number of nitrogens with zero attached hydrogens (tertiary/aromatic N) is 1. The van der Waals surface area contributed by atoms with E-state index in [1.54, 1.807) is 19.1 Å². The van der Waals surface area contributed by atoms with E-state index in [-0.39, 0.29) is 51.6 Å². The van der Waals surface area contributed by atoms with Gasteiger partial charge in [-0.1, -0.05) is 11.6 Å². The third kappa shape index (κ3) is 6.77. The fraction of sp³-hybridized carbons (Fsp3) is 0.179. The maximum absolute atomic E-state index is 13.2. The minimum atomic E-state index is -4.29. The maximum Gasteiger partial charge on any atom is 0.339 e. The van der Waals surface area contributed by atoms with Crippen LogP contribution in [0.1, 0.15) is 25.0 Å². The molecule has 0 aromatic heterocycles. The first-order valence-corrected chi connectivity index (χ1v) is 16.0. The van der Waals surface area contributed by atoms with E-state index < -0.39 is 21.3 Å². The van der Waals surface area contributed by atoms with Gasteiger partial charge >= 0.3 is 10.1 Å². The van der Waals surface area contributed by atoms with Crippen LogP contribution in [0.3, 0.4) is 0 Å². The number of rotatable bonds is 9. The first-order chi connectivity index (χ1) is 20.4. The lowest BCUT2D eigenvalue weighted by Crippen LogP contribution is -2.27. The van der Waals surface area contributed by atoms with Crippen LogP contribution in [-0.4, -0.2) is 43.8 Å². The number of thioether (sulfide) groups is 1. The first-order valence-electron chi connectivity index (χ1n) is 12.6. The predicted molar refractivity (Wildman–Crippen MR) is 163 cm³/mol. The van der Waals surface area contributed by atoms with Gasteiger partial charge in [-0.3, -0.25) is 19.3 Å². The third-order valence-corrected chi connectivity index (χ3v) is 9.11. The van der Waals surface area contributed by atoms with Gasteiger partial charge in [-0.05, 0) is 94.3 Å². The van der Waals surface area contributed by atoms with Gasteiger partial charge in [0.1, 0.15) is 4.90 Å². The lowest BCUT2D eigenvalue weighted by molar-refractivity contribution is -0.123.